The summed E-state index contributed by atoms with van der Waals surface area (Å²) < 4.78 is 16.3. The first-order valence-corrected chi connectivity index (χ1v) is 8.48. The SMILES string of the molecule is CN=C(NCCOc1cccc(OC)c1)N(C)Cc1ccccc1OC. The molecular formula is C20H27N3O3. The normalized spacial score (nSPS) is 11.0. The van der Waals surface area contributed by atoms with Crippen molar-refractivity contribution in [2.45, 2.75) is 6.54 Å². The second-order valence-electron chi connectivity index (χ2n) is 5.67. The summed E-state index contributed by atoms with van der Waals surface area (Å²) in [6.07, 6.45) is 0. The summed E-state index contributed by atoms with van der Waals surface area (Å²) in [6.45, 7) is 1.86. The van der Waals surface area contributed by atoms with Crippen LogP contribution in [0.3, 0.4) is 0 Å². The van der Waals surface area contributed by atoms with Crippen LogP contribution in [0.5, 0.6) is 17.2 Å². The lowest BCUT2D eigenvalue weighted by molar-refractivity contribution is 0.316. The highest BCUT2D eigenvalue weighted by atomic mass is 16.5. The van der Waals surface area contributed by atoms with Crippen molar-refractivity contribution >= 4 is 5.96 Å². The number of aliphatic imine (C=N–C) groups is 1. The third-order valence-electron chi connectivity index (χ3n) is 3.87. The zero-order chi connectivity index (χ0) is 18.8. The van der Waals surface area contributed by atoms with E-state index in [0.29, 0.717) is 19.7 Å². The predicted molar refractivity (Wildman–Crippen MR) is 104 cm³/mol. The van der Waals surface area contributed by atoms with Gasteiger partial charge in [-0.2, -0.15) is 0 Å². The van der Waals surface area contributed by atoms with Crippen molar-refractivity contribution in [3.8, 4) is 17.2 Å². The van der Waals surface area contributed by atoms with Crippen molar-refractivity contribution in [3.63, 3.8) is 0 Å². The van der Waals surface area contributed by atoms with Crippen LogP contribution < -0.4 is 19.5 Å². The molecule has 0 spiro atoms. The van der Waals surface area contributed by atoms with Crippen molar-refractivity contribution in [3.05, 3.63) is 54.1 Å². The van der Waals surface area contributed by atoms with Gasteiger partial charge in [-0.05, 0) is 18.2 Å². The van der Waals surface area contributed by atoms with Gasteiger partial charge in [0, 0.05) is 32.3 Å². The lowest BCUT2D eigenvalue weighted by Gasteiger charge is -2.23. The summed E-state index contributed by atoms with van der Waals surface area (Å²) in [5.41, 5.74) is 1.10. The number of guanidine groups is 1. The first kappa shape index (κ1) is 19.4. The summed E-state index contributed by atoms with van der Waals surface area (Å²) in [7, 11) is 7.08. The van der Waals surface area contributed by atoms with E-state index in [2.05, 4.69) is 16.4 Å². The fourth-order valence-corrected chi connectivity index (χ4v) is 2.57. The Morgan fingerprint density at radius 3 is 2.54 bits per heavy atom. The molecule has 0 aliphatic carbocycles. The van der Waals surface area contributed by atoms with Gasteiger partial charge in [0.2, 0.25) is 0 Å². The van der Waals surface area contributed by atoms with Gasteiger partial charge in [0.05, 0.1) is 20.8 Å². The standard InChI is InChI=1S/C20H27N3O3/c1-21-20(23(2)15-16-8-5-6-11-19(16)25-4)22-12-13-26-18-10-7-9-17(14-18)24-3/h5-11,14H,12-13,15H2,1-4H3,(H,21,22). The molecule has 0 bridgehead atoms. The molecule has 140 valence electrons. The molecule has 2 rings (SSSR count). The molecule has 1 N–H and O–H groups in total. The quantitative estimate of drug-likeness (QED) is 0.447. The fraction of sp³-hybridized carbons (Fsp3) is 0.350. The average molecular weight is 357 g/mol. The number of para-hydroxylation sites is 1. The monoisotopic (exact) mass is 357 g/mol. The molecule has 0 unspecified atom stereocenters. The van der Waals surface area contributed by atoms with Crippen LogP contribution >= 0.6 is 0 Å². The maximum Gasteiger partial charge on any atom is 0.193 e. The Balaban J connectivity index is 1.83. The Morgan fingerprint density at radius 2 is 1.81 bits per heavy atom. The Hall–Kier alpha value is -2.89. The molecule has 0 heterocycles. The molecule has 0 aliphatic heterocycles. The minimum absolute atomic E-state index is 0.523. The highest BCUT2D eigenvalue weighted by Crippen LogP contribution is 2.19. The van der Waals surface area contributed by atoms with Gasteiger partial charge >= 0.3 is 0 Å². The number of nitrogens with one attached hydrogen (secondary N) is 1. The summed E-state index contributed by atoms with van der Waals surface area (Å²) in [5, 5.41) is 3.30. The first-order valence-electron chi connectivity index (χ1n) is 8.48. The van der Waals surface area contributed by atoms with E-state index in [9.17, 15) is 0 Å². The van der Waals surface area contributed by atoms with Crippen LogP contribution in [-0.4, -0.2) is 52.3 Å². The molecule has 0 saturated heterocycles. The van der Waals surface area contributed by atoms with Crippen molar-refractivity contribution in [1.82, 2.24) is 10.2 Å². The van der Waals surface area contributed by atoms with Crippen LogP contribution in [0, 0.1) is 0 Å². The summed E-state index contributed by atoms with van der Waals surface area (Å²) in [4.78, 5) is 6.37. The summed E-state index contributed by atoms with van der Waals surface area (Å²) in [5.74, 6) is 3.23. The Morgan fingerprint density at radius 1 is 1.04 bits per heavy atom. The van der Waals surface area contributed by atoms with Crippen molar-refractivity contribution in [2.75, 3.05) is 41.5 Å². The highest BCUT2D eigenvalue weighted by Gasteiger charge is 2.09. The van der Waals surface area contributed by atoms with Gasteiger partial charge < -0.3 is 24.4 Å². The minimum Gasteiger partial charge on any atom is -0.497 e. The third-order valence-corrected chi connectivity index (χ3v) is 3.87. The molecule has 26 heavy (non-hydrogen) atoms. The topological polar surface area (TPSA) is 55.3 Å². The lowest BCUT2D eigenvalue weighted by atomic mass is 10.2. The van der Waals surface area contributed by atoms with Gasteiger partial charge in [0.15, 0.2) is 5.96 Å². The third kappa shape index (κ3) is 5.58. The lowest BCUT2D eigenvalue weighted by Crippen LogP contribution is -2.40. The molecule has 0 aromatic heterocycles. The van der Waals surface area contributed by atoms with E-state index in [4.69, 9.17) is 14.2 Å². The highest BCUT2D eigenvalue weighted by molar-refractivity contribution is 5.79. The number of methoxy groups -OCH3 is 2. The number of hydrogen-bond acceptors (Lipinski definition) is 4. The van der Waals surface area contributed by atoms with E-state index in [1.54, 1.807) is 21.3 Å². The van der Waals surface area contributed by atoms with E-state index in [1.807, 2.05) is 54.4 Å². The van der Waals surface area contributed by atoms with Gasteiger partial charge in [-0.25, -0.2) is 0 Å². The Labute approximate surface area is 155 Å². The molecule has 0 amide bonds. The number of benzene rings is 2. The Bertz CT molecular complexity index is 719. The van der Waals surface area contributed by atoms with Crippen LogP contribution in [0.2, 0.25) is 0 Å². The zero-order valence-corrected chi connectivity index (χ0v) is 15.9. The molecule has 0 fully saturated rings. The molecule has 6 nitrogen and oxygen atoms in total. The van der Waals surface area contributed by atoms with Gasteiger partial charge in [-0.1, -0.05) is 24.3 Å². The van der Waals surface area contributed by atoms with Gasteiger partial charge in [-0.15, -0.1) is 0 Å². The molecule has 0 aliphatic rings. The van der Waals surface area contributed by atoms with E-state index in [-0.39, 0.29) is 0 Å². The maximum atomic E-state index is 5.74. The van der Waals surface area contributed by atoms with E-state index < -0.39 is 0 Å². The number of ether oxygens (including phenoxy) is 3. The van der Waals surface area contributed by atoms with Gasteiger partial charge in [0.1, 0.15) is 23.9 Å². The van der Waals surface area contributed by atoms with E-state index in [1.165, 1.54) is 0 Å². The molecule has 0 radical (unpaired) electrons. The van der Waals surface area contributed by atoms with E-state index >= 15 is 0 Å². The van der Waals surface area contributed by atoms with Crippen LogP contribution in [0.15, 0.2) is 53.5 Å². The predicted octanol–water partition coefficient (Wildman–Crippen LogP) is 2.79. The smallest absolute Gasteiger partial charge is 0.193 e. The van der Waals surface area contributed by atoms with Crippen LogP contribution in [0.1, 0.15) is 5.56 Å². The molecular weight excluding hydrogens is 330 g/mol. The Kier molecular flexibility index (Phi) is 7.61. The average Bonchev–Trinajstić information content (AvgIpc) is 2.68. The molecule has 6 heteroatoms. The molecule has 2 aromatic carbocycles. The van der Waals surface area contributed by atoms with Crippen LogP contribution in [0.4, 0.5) is 0 Å². The molecule has 0 atom stereocenters. The van der Waals surface area contributed by atoms with Gasteiger partial charge in [0.25, 0.3) is 0 Å². The van der Waals surface area contributed by atoms with Crippen molar-refractivity contribution in [1.29, 1.82) is 0 Å². The van der Waals surface area contributed by atoms with E-state index in [0.717, 1.165) is 28.8 Å². The number of nitrogens with zero attached hydrogens (tertiary/aromatic N) is 2. The first-order chi connectivity index (χ1) is 12.7. The minimum atomic E-state index is 0.523. The largest absolute Gasteiger partial charge is 0.497 e. The molecule has 0 saturated carbocycles. The van der Waals surface area contributed by atoms with Crippen LogP contribution in [-0.2, 0) is 6.54 Å². The number of hydrogen-bond donors (Lipinski definition) is 1. The maximum absolute atomic E-state index is 5.74. The molecule has 2 aromatic rings. The number of rotatable bonds is 8. The summed E-state index contributed by atoms with van der Waals surface area (Å²) >= 11 is 0. The van der Waals surface area contributed by atoms with Gasteiger partial charge in [-0.3, -0.25) is 4.99 Å². The zero-order valence-electron chi connectivity index (χ0n) is 15.9. The second kappa shape index (κ2) is 10.2. The summed E-state index contributed by atoms with van der Waals surface area (Å²) in [6, 6.07) is 15.5. The van der Waals surface area contributed by atoms with Crippen molar-refractivity contribution < 1.29 is 14.2 Å². The second-order valence-corrected chi connectivity index (χ2v) is 5.67. The van der Waals surface area contributed by atoms with Crippen LogP contribution in [0.25, 0.3) is 0 Å². The van der Waals surface area contributed by atoms with Crippen molar-refractivity contribution in [2.24, 2.45) is 4.99 Å². The fourth-order valence-electron chi connectivity index (χ4n) is 2.57.